The van der Waals surface area contributed by atoms with E-state index in [0.29, 0.717) is 31.4 Å². The van der Waals surface area contributed by atoms with E-state index >= 15 is 0 Å². The molecule has 0 unspecified atom stereocenters. The number of likely N-dealkylation sites (N-methyl/N-ethyl adjacent to an activating group) is 1. The lowest BCUT2D eigenvalue weighted by atomic mass is 10.1. The quantitative estimate of drug-likeness (QED) is 0.419. The minimum absolute atomic E-state index is 0.0207. The molecule has 0 spiro atoms. The van der Waals surface area contributed by atoms with Gasteiger partial charge in [-0.25, -0.2) is 8.42 Å². The summed E-state index contributed by atoms with van der Waals surface area (Å²) in [6.45, 7) is 1.75. The van der Waals surface area contributed by atoms with Gasteiger partial charge in [-0.15, -0.1) is 11.3 Å². The highest BCUT2D eigenvalue weighted by atomic mass is 35.5. The molecule has 4 rings (SSSR count). The number of halogens is 3. The summed E-state index contributed by atoms with van der Waals surface area (Å²) in [6, 6.07) is 13.4. The van der Waals surface area contributed by atoms with E-state index in [0.717, 1.165) is 36.4 Å². The number of benzene rings is 2. The standard InChI is InChI=1S/C21H19Cl3N2O3S2/c1-26-9-8-16(12-26)29-19-10-15(6-7-18(19)23)25-31(27,28)20-11-17(21(24)30-20)13-2-4-14(22)5-3-13/h2-7,10-11,16,25H,8-9,12H2,1H3/t16-/m1/s1. The minimum Gasteiger partial charge on any atom is -0.487 e. The van der Waals surface area contributed by atoms with E-state index in [1.165, 1.54) is 0 Å². The van der Waals surface area contributed by atoms with Crippen LogP contribution >= 0.6 is 46.1 Å². The Morgan fingerprint density at radius 1 is 1.10 bits per heavy atom. The zero-order chi connectivity index (χ0) is 22.2. The molecule has 0 bridgehead atoms. The zero-order valence-electron chi connectivity index (χ0n) is 16.4. The molecule has 0 saturated carbocycles. The number of nitrogens with zero attached hydrogens (tertiary/aromatic N) is 1. The molecular weight excluding hydrogens is 499 g/mol. The van der Waals surface area contributed by atoms with Crippen molar-refractivity contribution in [2.75, 3.05) is 24.9 Å². The van der Waals surface area contributed by atoms with Gasteiger partial charge >= 0.3 is 0 Å². The van der Waals surface area contributed by atoms with Gasteiger partial charge in [-0.1, -0.05) is 46.9 Å². The topological polar surface area (TPSA) is 58.6 Å². The fraction of sp³-hybridized carbons (Fsp3) is 0.238. The second-order valence-corrected chi connectivity index (χ2v) is 11.7. The summed E-state index contributed by atoms with van der Waals surface area (Å²) in [4.78, 5) is 2.17. The van der Waals surface area contributed by atoms with E-state index in [-0.39, 0.29) is 10.3 Å². The molecule has 5 nitrogen and oxygen atoms in total. The van der Waals surface area contributed by atoms with Crippen LogP contribution in [0.2, 0.25) is 14.4 Å². The number of hydrogen-bond donors (Lipinski definition) is 1. The van der Waals surface area contributed by atoms with Gasteiger partial charge in [0, 0.05) is 29.7 Å². The highest BCUT2D eigenvalue weighted by Crippen LogP contribution is 2.39. The van der Waals surface area contributed by atoms with E-state index < -0.39 is 10.0 Å². The summed E-state index contributed by atoms with van der Waals surface area (Å²) in [7, 11) is -1.82. The molecule has 1 aliphatic rings. The van der Waals surface area contributed by atoms with Gasteiger partial charge in [-0.2, -0.15) is 0 Å². The van der Waals surface area contributed by atoms with E-state index in [2.05, 4.69) is 9.62 Å². The smallest absolute Gasteiger partial charge is 0.271 e. The number of thiophene rings is 1. The first-order chi connectivity index (χ1) is 14.7. The number of ether oxygens (including phenoxy) is 1. The van der Waals surface area contributed by atoms with Gasteiger partial charge in [0.1, 0.15) is 20.4 Å². The fourth-order valence-electron chi connectivity index (χ4n) is 3.34. The minimum atomic E-state index is -3.85. The lowest BCUT2D eigenvalue weighted by Crippen LogP contribution is -2.21. The molecule has 1 aliphatic heterocycles. The van der Waals surface area contributed by atoms with Crippen LogP contribution in [-0.2, 0) is 10.0 Å². The summed E-state index contributed by atoms with van der Waals surface area (Å²) >= 11 is 19.5. The molecular formula is C21H19Cl3N2O3S2. The van der Waals surface area contributed by atoms with Crippen molar-refractivity contribution in [3.63, 3.8) is 0 Å². The van der Waals surface area contributed by atoms with Crippen LogP contribution < -0.4 is 9.46 Å². The normalized spacial score (nSPS) is 17.1. The van der Waals surface area contributed by atoms with Crippen molar-refractivity contribution < 1.29 is 13.2 Å². The molecule has 1 fully saturated rings. The Morgan fingerprint density at radius 2 is 1.84 bits per heavy atom. The highest BCUT2D eigenvalue weighted by Gasteiger charge is 2.24. The number of nitrogens with one attached hydrogen (secondary N) is 1. The van der Waals surface area contributed by atoms with Gasteiger partial charge in [-0.05, 0) is 49.4 Å². The van der Waals surface area contributed by atoms with Crippen molar-refractivity contribution in [1.82, 2.24) is 4.90 Å². The maximum absolute atomic E-state index is 13.0. The third kappa shape index (κ3) is 5.30. The van der Waals surface area contributed by atoms with Gasteiger partial charge in [-0.3, -0.25) is 4.72 Å². The number of hydrogen-bond acceptors (Lipinski definition) is 5. The lowest BCUT2D eigenvalue weighted by Gasteiger charge is -2.16. The van der Waals surface area contributed by atoms with Crippen molar-refractivity contribution in [2.24, 2.45) is 0 Å². The molecule has 31 heavy (non-hydrogen) atoms. The Labute approximate surface area is 200 Å². The SMILES string of the molecule is CN1CC[C@@H](Oc2cc(NS(=O)(=O)c3cc(-c4ccc(Cl)cc4)c(Cl)s3)ccc2Cl)C1. The van der Waals surface area contributed by atoms with Crippen LogP contribution in [0.15, 0.2) is 52.7 Å². The van der Waals surface area contributed by atoms with Gasteiger partial charge in [0.05, 0.1) is 10.7 Å². The van der Waals surface area contributed by atoms with E-state index in [9.17, 15) is 8.42 Å². The first-order valence-corrected chi connectivity index (χ1v) is 12.9. The molecule has 0 amide bonds. The van der Waals surface area contributed by atoms with E-state index in [4.69, 9.17) is 39.5 Å². The molecule has 2 aromatic carbocycles. The summed E-state index contributed by atoms with van der Waals surface area (Å²) in [5, 5.41) is 1.02. The van der Waals surface area contributed by atoms with Crippen LogP contribution in [0.4, 0.5) is 5.69 Å². The summed E-state index contributed by atoms with van der Waals surface area (Å²) in [5.41, 5.74) is 1.79. The van der Waals surface area contributed by atoms with Gasteiger partial charge in [0.15, 0.2) is 0 Å². The van der Waals surface area contributed by atoms with Crippen LogP contribution in [0, 0.1) is 0 Å². The molecule has 1 saturated heterocycles. The Kier molecular flexibility index (Phi) is 6.72. The second kappa shape index (κ2) is 9.17. The average Bonchev–Trinajstić information content (AvgIpc) is 3.31. The van der Waals surface area contributed by atoms with Gasteiger partial charge in [0.2, 0.25) is 0 Å². The first-order valence-electron chi connectivity index (χ1n) is 9.44. The molecule has 2 heterocycles. The van der Waals surface area contributed by atoms with Crippen molar-refractivity contribution in [2.45, 2.75) is 16.7 Å². The summed E-state index contributed by atoms with van der Waals surface area (Å²) < 4.78 is 35.0. The predicted octanol–water partition coefficient (Wildman–Crippen LogP) is 6.26. The fourth-order valence-corrected chi connectivity index (χ4v) is 6.44. The molecule has 1 aromatic heterocycles. The molecule has 0 aliphatic carbocycles. The number of anilines is 1. The third-order valence-electron chi connectivity index (χ3n) is 4.91. The average molecular weight is 518 g/mol. The number of likely N-dealkylation sites (tertiary alicyclic amines) is 1. The number of sulfonamides is 1. The molecule has 1 atom stereocenters. The van der Waals surface area contributed by atoms with Crippen molar-refractivity contribution >= 4 is 61.9 Å². The van der Waals surface area contributed by atoms with E-state index in [1.807, 2.05) is 7.05 Å². The van der Waals surface area contributed by atoms with E-state index in [1.54, 1.807) is 48.5 Å². The lowest BCUT2D eigenvalue weighted by molar-refractivity contribution is 0.208. The maximum atomic E-state index is 13.0. The zero-order valence-corrected chi connectivity index (χ0v) is 20.3. The van der Waals surface area contributed by atoms with Crippen LogP contribution in [0.1, 0.15) is 6.42 Å². The molecule has 164 valence electrons. The Bertz CT molecular complexity index is 1200. The van der Waals surface area contributed by atoms with Crippen LogP contribution in [0.3, 0.4) is 0 Å². The number of rotatable bonds is 6. The monoisotopic (exact) mass is 516 g/mol. The van der Waals surface area contributed by atoms with Crippen LogP contribution in [0.25, 0.3) is 11.1 Å². The second-order valence-electron chi connectivity index (χ2n) is 7.30. The maximum Gasteiger partial charge on any atom is 0.271 e. The molecule has 3 aromatic rings. The highest BCUT2D eigenvalue weighted by molar-refractivity contribution is 7.94. The van der Waals surface area contributed by atoms with Gasteiger partial charge < -0.3 is 9.64 Å². The summed E-state index contributed by atoms with van der Waals surface area (Å²) in [6.07, 6.45) is 0.914. The Balaban J connectivity index is 1.56. The Hall–Kier alpha value is -1.48. The third-order valence-corrected chi connectivity index (χ3v) is 8.69. The first kappa shape index (κ1) is 22.7. The Morgan fingerprint density at radius 3 is 2.52 bits per heavy atom. The van der Waals surface area contributed by atoms with Crippen molar-refractivity contribution in [3.8, 4) is 16.9 Å². The van der Waals surface area contributed by atoms with Gasteiger partial charge in [0.25, 0.3) is 10.0 Å². The summed E-state index contributed by atoms with van der Waals surface area (Å²) in [5.74, 6) is 0.452. The molecule has 0 radical (unpaired) electrons. The molecule has 10 heteroatoms. The molecule has 1 N–H and O–H groups in total. The van der Waals surface area contributed by atoms with Crippen molar-refractivity contribution in [3.05, 3.63) is 62.9 Å². The predicted molar refractivity (Wildman–Crippen MR) is 129 cm³/mol. The van der Waals surface area contributed by atoms with Crippen LogP contribution in [0.5, 0.6) is 5.75 Å². The largest absolute Gasteiger partial charge is 0.487 e. The van der Waals surface area contributed by atoms with Crippen molar-refractivity contribution in [1.29, 1.82) is 0 Å². The van der Waals surface area contributed by atoms with Crippen LogP contribution in [-0.4, -0.2) is 39.6 Å².